The summed E-state index contributed by atoms with van der Waals surface area (Å²) < 4.78 is 4.91. The van der Waals surface area contributed by atoms with Gasteiger partial charge in [-0.3, -0.25) is 0 Å². The molecule has 0 saturated carbocycles. The summed E-state index contributed by atoms with van der Waals surface area (Å²) in [5.41, 5.74) is 0.719. The van der Waals surface area contributed by atoms with Gasteiger partial charge in [-0.05, 0) is 6.55 Å². The molecule has 0 aromatic rings. The standard InChI is InChI=1S/C3H9ClOSi/c1-5-6(2)3-4/h6H,3H2,1-2H3. The molecule has 0 aromatic heterocycles. The lowest BCUT2D eigenvalue weighted by atomic mass is 11.8. The van der Waals surface area contributed by atoms with Gasteiger partial charge < -0.3 is 4.43 Å². The van der Waals surface area contributed by atoms with Crippen LogP contribution in [-0.2, 0) is 4.43 Å². The molecule has 0 aromatic carbocycles. The van der Waals surface area contributed by atoms with Gasteiger partial charge in [0.2, 0.25) is 0 Å². The maximum atomic E-state index is 5.39. The van der Waals surface area contributed by atoms with E-state index in [1.807, 2.05) is 0 Å². The quantitative estimate of drug-likeness (QED) is 0.390. The highest BCUT2D eigenvalue weighted by Crippen LogP contribution is 1.83. The second kappa shape index (κ2) is 3.65. The van der Waals surface area contributed by atoms with Gasteiger partial charge in [0.15, 0.2) is 9.04 Å². The first kappa shape index (κ1) is 6.47. The van der Waals surface area contributed by atoms with E-state index in [9.17, 15) is 0 Å². The molecule has 1 atom stereocenters. The average Bonchev–Trinajstić information content (AvgIpc) is 1.65. The van der Waals surface area contributed by atoms with Crippen LogP contribution >= 0.6 is 11.6 Å². The van der Waals surface area contributed by atoms with Crippen LogP contribution in [-0.4, -0.2) is 21.7 Å². The number of hydrogen-bond donors (Lipinski definition) is 0. The van der Waals surface area contributed by atoms with Gasteiger partial charge in [-0.15, -0.1) is 11.6 Å². The Morgan fingerprint density at radius 2 is 2.33 bits per heavy atom. The molecule has 0 aliphatic heterocycles. The van der Waals surface area contributed by atoms with Gasteiger partial charge in [-0.2, -0.15) is 0 Å². The average molecular weight is 125 g/mol. The fraction of sp³-hybridized carbons (Fsp3) is 1.00. The predicted molar refractivity (Wildman–Crippen MR) is 30.7 cm³/mol. The van der Waals surface area contributed by atoms with Crippen LogP contribution < -0.4 is 0 Å². The van der Waals surface area contributed by atoms with E-state index in [0.717, 1.165) is 5.50 Å². The van der Waals surface area contributed by atoms with Crippen molar-refractivity contribution in [2.75, 3.05) is 12.6 Å². The molecular weight excluding hydrogens is 116 g/mol. The monoisotopic (exact) mass is 124 g/mol. The minimum atomic E-state index is -0.895. The van der Waals surface area contributed by atoms with Gasteiger partial charge >= 0.3 is 0 Å². The Labute approximate surface area is 45.0 Å². The fourth-order valence-corrected chi connectivity index (χ4v) is 0.567. The molecule has 1 nitrogen and oxygen atoms in total. The molecule has 0 bridgehead atoms. The summed E-state index contributed by atoms with van der Waals surface area (Å²) in [6.45, 7) is 2.06. The molecule has 38 valence electrons. The van der Waals surface area contributed by atoms with E-state index in [4.69, 9.17) is 16.0 Å². The summed E-state index contributed by atoms with van der Waals surface area (Å²) in [6, 6.07) is 0. The van der Waals surface area contributed by atoms with Crippen molar-refractivity contribution in [1.29, 1.82) is 0 Å². The summed E-state index contributed by atoms with van der Waals surface area (Å²) in [7, 11) is 0.813. The Bertz CT molecular complexity index is 30.0. The van der Waals surface area contributed by atoms with Crippen molar-refractivity contribution in [2.24, 2.45) is 0 Å². The lowest BCUT2D eigenvalue weighted by Crippen LogP contribution is -2.11. The third kappa shape index (κ3) is 2.69. The van der Waals surface area contributed by atoms with E-state index in [0.29, 0.717) is 0 Å². The first-order valence-corrected chi connectivity index (χ1v) is 4.87. The summed E-state index contributed by atoms with van der Waals surface area (Å²) in [4.78, 5) is 0. The second-order valence-electron chi connectivity index (χ2n) is 1.20. The molecule has 6 heavy (non-hydrogen) atoms. The minimum Gasteiger partial charge on any atom is -0.422 e. The smallest absolute Gasteiger partial charge is 0.187 e. The highest BCUT2D eigenvalue weighted by molar-refractivity contribution is 6.60. The van der Waals surface area contributed by atoms with E-state index in [1.165, 1.54) is 0 Å². The molecule has 0 aliphatic carbocycles. The summed E-state index contributed by atoms with van der Waals surface area (Å²) in [5, 5.41) is 0. The van der Waals surface area contributed by atoms with Crippen molar-refractivity contribution in [3.63, 3.8) is 0 Å². The maximum absolute atomic E-state index is 5.39. The summed E-state index contributed by atoms with van der Waals surface area (Å²) in [5.74, 6) is 0. The lowest BCUT2D eigenvalue weighted by Gasteiger charge is -1.97. The first-order valence-electron chi connectivity index (χ1n) is 1.90. The van der Waals surface area contributed by atoms with Crippen LogP contribution in [0.5, 0.6) is 0 Å². The normalized spacial score (nSPS) is 14.5. The van der Waals surface area contributed by atoms with E-state index in [2.05, 4.69) is 6.55 Å². The van der Waals surface area contributed by atoms with Crippen molar-refractivity contribution in [3.8, 4) is 0 Å². The van der Waals surface area contributed by atoms with Crippen LogP contribution in [0.25, 0.3) is 0 Å². The van der Waals surface area contributed by atoms with Gasteiger partial charge in [-0.1, -0.05) is 0 Å². The molecule has 0 saturated heterocycles. The Morgan fingerprint density at radius 3 is 2.33 bits per heavy atom. The molecule has 3 heteroatoms. The van der Waals surface area contributed by atoms with Gasteiger partial charge in [0.05, 0.1) is 0 Å². The van der Waals surface area contributed by atoms with Crippen molar-refractivity contribution >= 4 is 20.6 Å². The summed E-state index contributed by atoms with van der Waals surface area (Å²) in [6.07, 6.45) is 0. The molecule has 0 radical (unpaired) electrons. The Balaban J connectivity index is 2.75. The predicted octanol–water partition coefficient (Wildman–Crippen LogP) is 0.764. The van der Waals surface area contributed by atoms with Gasteiger partial charge in [0.25, 0.3) is 0 Å². The zero-order chi connectivity index (χ0) is 4.99. The van der Waals surface area contributed by atoms with Crippen molar-refractivity contribution < 1.29 is 4.43 Å². The fourth-order valence-electron chi connectivity index (χ4n) is 0.0630. The number of rotatable bonds is 2. The number of halogens is 1. The van der Waals surface area contributed by atoms with Crippen molar-refractivity contribution in [1.82, 2.24) is 0 Å². The maximum Gasteiger partial charge on any atom is 0.187 e. The highest BCUT2D eigenvalue weighted by Gasteiger charge is 1.94. The lowest BCUT2D eigenvalue weighted by molar-refractivity contribution is 0.429. The molecule has 0 spiro atoms. The van der Waals surface area contributed by atoms with Crippen molar-refractivity contribution in [2.45, 2.75) is 6.55 Å². The Hall–Kier alpha value is 0.467. The van der Waals surface area contributed by atoms with Crippen LogP contribution in [0.15, 0.2) is 0 Å². The van der Waals surface area contributed by atoms with E-state index >= 15 is 0 Å². The topological polar surface area (TPSA) is 9.23 Å². The number of alkyl halides is 1. The van der Waals surface area contributed by atoms with E-state index < -0.39 is 9.04 Å². The molecule has 0 amide bonds. The molecule has 1 unspecified atom stereocenters. The van der Waals surface area contributed by atoms with Crippen LogP contribution in [0.3, 0.4) is 0 Å². The van der Waals surface area contributed by atoms with Gasteiger partial charge in [-0.25, -0.2) is 0 Å². The Kier molecular flexibility index (Phi) is 3.93. The minimum absolute atomic E-state index is 0.719. The van der Waals surface area contributed by atoms with E-state index in [-0.39, 0.29) is 0 Å². The highest BCUT2D eigenvalue weighted by atomic mass is 35.5. The summed E-state index contributed by atoms with van der Waals surface area (Å²) >= 11 is 5.39. The van der Waals surface area contributed by atoms with Crippen LogP contribution in [0.2, 0.25) is 6.55 Å². The second-order valence-corrected chi connectivity index (χ2v) is 4.53. The van der Waals surface area contributed by atoms with Crippen LogP contribution in [0, 0.1) is 0 Å². The molecule has 0 fully saturated rings. The third-order valence-electron chi connectivity index (χ3n) is 0.620. The zero-order valence-electron chi connectivity index (χ0n) is 4.07. The molecule has 0 heterocycles. The van der Waals surface area contributed by atoms with E-state index in [1.54, 1.807) is 7.11 Å². The van der Waals surface area contributed by atoms with Gasteiger partial charge in [0, 0.05) is 12.6 Å². The first-order chi connectivity index (χ1) is 2.81. The third-order valence-corrected chi connectivity index (χ3v) is 3.16. The largest absolute Gasteiger partial charge is 0.422 e. The number of hydrogen-bond acceptors (Lipinski definition) is 1. The zero-order valence-corrected chi connectivity index (χ0v) is 5.98. The van der Waals surface area contributed by atoms with Crippen molar-refractivity contribution in [3.05, 3.63) is 0 Å². The molecule has 0 aliphatic rings. The Morgan fingerprint density at radius 1 is 1.83 bits per heavy atom. The SMILES string of the molecule is CO[SiH](C)CCl. The molecule has 0 N–H and O–H groups in total. The van der Waals surface area contributed by atoms with Gasteiger partial charge in [0.1, 0.15) is 0 Å². The van der Waals surface area contributed by atoms with Crippen LogP contribution in [0.4, 0.5) is 0 Å². The molecule has 0 rings (SSSR count). The van der Waals surface area contributed by atoms with Crippen LogP contribution in [0.1, 0.15) is 0 Å². The molecular formula is C3H9ClOSi.